The summed E-state index contributed by atoms with van der Waals surface area (Å²) in [5.74, 6) is 0.618. The van der Waals surface area contributed by atoms with E-state index in [-0.39, 0.29) is 0 Å². The third-order valence-electron chi connectivity index (χ3n) is 6.00. The number of rotatable bonds is 4. The molecule has 0 unspecified atom stereocenters. The second-order valence-electron chi connectivity index (χ2n) is 7.98. The summed E-state index contributed by atoms with van der Waals surface area (Å²) in [6, 6.07) is 8.90. The number of anilines is 3. The SMILES string of the molecule is c1cc(N2CCOCC2)ccc1Nc1ncc2cnn(C3CCCCCC3)c2n1. The van der Waals surface area contributed by atoms with E-state index >= 15 is 0 Å². The monoisotopic (exact) mass is 392 g/mol. The van der Waals surface area contributed by atoms with E-state index in [1.807, 2.05) is 12.4 Å². The lowest BCUT2D eigenvalue weighted by Crippen LogP contribution is -2.36. The highest BCUT2D eigenvalue weighted by atomic mass is 16.5. The molecule has 2 fully saturated rings. The fraction of sp³-hybridized carbons (Fsp3) is 0.500. The van der Waals surface area contributed by atoms with Gasteiger partial charge in [0.2, 0.25) is 5.95 Å². The smallest absolute Gasteiger partial charge is 0.229 e. The van der Waals surface area contributed by atoms with Crippen molar-refractivity contribution >= 4 is 28.4 Å². The molecule has 1 N–H and O–H groups in total. The molecular formula is C22H28N6O. The normalized spacial score (nSPS) is 18.7. The maximum Gasteiger partial charge on any atom is 0.229 e. The van der Waals surface area contributed by atoms with Gasteiger partial charge in [0.1, 0.15) is 0 Å². The minimum absolute atomic E-state index is 0.450. The molecule has 29 heavy (non-hydrogen) atoms. The van der Waals surface area contributed by atoms with Gasteiger partial charge in [-0.15, -0.1) is 0 Å². The fourth-order valence-electron chi connectivity index (χ4n) is 4.37. The first-order chi connectivity index (χ1) is 14.4. The van der Waals surface area contributed by atoms with Crippen molar-refractivity contribution in [1.82, 2.24) is 19.7 Å². The van der Waals surface area contributed by atoms with Crippen LogP contribution in [-0.2, 0) is 4.74 Å². The molecule has 1 aliphatic heterocycles. The summed E-state index contributed by atoms with van der Waals surface area (Å²) in [6.45, 7) is 3.47. The summed E-state index contributed by atoms with van der Waals surface area (Å²) in [4.78, 5) is 11.6. The number of hydrogen-bond donors (Lipinski definition) is 1. The summed E-state index contributed by atoms with van der Waals surface area (Å²) in [5.41, 5.74) is 3.14. The highest BCUT2D eigenvalue weighted by Gasteiger charge is 2.18. The zero-order chi connectivity index (χ0) is 19.5. The largest absolute Gasteiger partial charge is 0.378 e. The summed E-state index contributed by atoms with van der Waals surface area (Å²) in [7, 11) is 0. The van der Waals surface area contributed by atoms with Gasteiger partial charge in [0.15, 0.2) is 5.65 Å². The first-order valence-electron chi connectivity index (χ1n) is 10.8. The van der Waals surface area contributed by atoms with Gasteiger partial charge in [0.05, 0.1) is 30.8 Å². The van der Waals surface area contributed by atoms with Crippen LogP contribution in [0.15, 0.2) is 36.7 Å². The van der Waals surface area contributed by atoms with Crippen molar-refractivity contribution in [2.24, 2.45) is 0 Å². The number of nitrogens with one attached hydrogen (secondary N) is 1. The Bertz CT molecular complexity index is 940. The van der Waals surface area contributed by atoms with Crippen LogP contribution in [0.4, 0.5) is 17.3 Å². The van der Waals surface area contributed by atoms with Crippen molar-refractivity contribution in [3.05, 3.63) is 36.7 Å². The molecule has 0 bridgehead atoms. The molecular weight excluding hydrogens is 364 g/mol. The lowest BCUT2D eigenvalue weighted by Gasteiger charge is -2.28. The number of morpholine rings is 1. The Labute approximate surface area is 171 Å². The van der Waals surface area contributed by atoms with Crippen molar-refractivity contribution in [3.8, 4) is 0 Å². The Kier molecular flexibility index (Phi) is 5.30. The molecule has 0 spiro atoms. The standard InChI is InChI=1S/C22H28N6O/c1-2-4-6-20(5-3-1)28-21-17(16-24-28)15-23-22(26-21)25-18-7-9-19(10-8-18)27-11-13-29-14-12-27/h7-10,15-16,20H,1-6,11-14H2,(H,23,25,26). The molecule has 1 aromatic carbocycles. The molecule has 0 atom stereocenters. The van der Waals surface area contributed by atoms with E-state index in [1.165, 1.54) is 44.2 Å². The molecule has 5 rings (SSSR count). The van der Waals surface area contributed by atoms with Gasteiger partial charge in [-0.05, 0) is 37.1 Å². The van der Waals surface area contributed by atoms with Gasteiger partial charge in [-0.25, -0.2) is 9.67 Å². The number of nitrogens with zero attached hydrogens (tertiary/aromatic N) is 5. The number of hydrogen-bond acceptors (Lipinski definition) is 6. The summed E-state index contributed by atoms with van der Waals surface area (Å²) < 4.78 is 7.56. The van der Waals surface area contributed by atoms with Crippen LogP contribution in [-0.4, -0.2) is 46.1 Å². The predicted molar refractivity (Wildman–Crippen MR) is 115 cm³/mol. The van der Waals surface area contributed by atoms with Crippen LogP contribution in [0.1, 0.15) is 44.6 Å². The Hall–Kier alpha value is -2.67. The number of ether oxygens (including phenoxy) is 1. The topological polar surface area (TPSA) is 68.1 Å². The van der Waals surface area contributed by atoms with Crippen LogP contribution >= 0.6 is 0 Å². The fourth-order valence-corrected chi connectivity index (χ4v) is 4.37. The first kappa shape index (κ1) is 18.4. The highest BCUT2D eigenvalue weighted by molar-refractivity contribution is 5.75. The number of benzene rings is 1. The van der Waals surface area contributed by atoms with Crippen LogP contribution in [0.25, 0.3) is 11.0 Å². The second-order valence-corrected chi connectivity index (χ2v) is 7.98. The van der Waals surface area contributed by atoms with Gasteiger partial charge in [-0.2, -0.15) is 10.1 Å². The molecule has 3 heterocycles. The van der Waals surface area contributed by atoms with Crippen molar-refractivity contribution in [1.29, 1.82) is 0 Å². The maximum atomic E-state index is 5.44. The predicted octanol–water partition coefficient (Wildman–Crippen LogP) is 4.30. The van der Waals surface area contributed by atoms with Crippen LogP contribution < -0.4 is 10.2 Å². The molecule has 152 valence electrons. The Morgan fingerprint density at radius 3 is 2.45 bits per heavy atom. The van der Waals surface area contributed by atoms with Crippen LogP contribution in [0.3, 0.4) is 0 Å². The lowest BCUT2D eigenvalue weighted by atomic mass is 10.1. The Balaban J connectivity index is 1.34. The highest BCUT2D eigenvalue weighted by Crippen LogP contribution is 2.29. The quantitative estimate of drug-likeness (QED) is 0.668. The molecule has 7 nitrogen and oxygen atoms in total. The van der Waals surface area contributed by atoms with E-state index in [9.17, 15) is 0 Å². The van der Waals surface area contributed by atoms with Crippen molar-refractivity contribution in [2.75, 3.05) is 36.5 Å². The molecule has 1 aliphatic carbocycles. The van der Waals surface area contributed by atoms with Crippen molar-refractivity contribution < 1.29 is 4.74 Å². The number of aromatic nitrogens is 4. The van der Waals surface area contributed by atoms with E-state index in [1.54, 1.807) is 0 Å². The summed E-state index contributed by atoms with van der Waals surface area (Å²) in [5, 5.41) is 9.00. The zero-order valence-corrected chi connectivity index (χ0v) is 16.8. The summed E-state index contributed by atoms with van der Waals surface area (Å²) in [6.07, 6.45) is 11.3. The molecule has 7 heteroatoms. The van der Waals surface area contributed by atoms with Crippen LogP contribution in [0, 0.1) is 0 Å². The first-order valence-corrected chi connectivity index (χ1v) is 10.8. The molecule has 1 saturated heterocycles. The molecule has 2 aliphatic rings. The van der Waals surface area contributed by atoms with Gasteiger partial charge >= 0.3 is 0 Å². The Morgan fingerprint density at radius 1 is 0.931 bits per heavy atom. The van der Waals surface area contributed by atoms with E-state index in [4.69, 9.17) is 9.72 Å². The minimum Gasteiger partial charge on any atom is -0.378 e. The molecule has 1 saturated carbocycles. The van der Waals surface area contributed by atoms with Gasteiger partial charge in [-0.3, -0.25) is 0 Å². The van der Waals surface area contributed by atoms with Crippen molar-refractivity contribution in [2.45, 2.75) is 44.6 Å². The van der Waals surface area contributed by atoms with E-state index in [2.05, 4.69) is 49.2 Å². The van der Waals surface area contributed by atoms with Gasteiger partial charge < -0.3 is 15.0 Å². The van der Waals surface area contributed by atoms with E-state index < -0.39 is 0 Å². The average Bonchev–Trinajstić information content (AvgIpc) is 3.00. The summed E-state index contributed by atoms with van der Waals surface area (Å²) >= 11 is 0. The Morgan fingerprint density at radius 2 is 1.69 bits per heavy atom. The minimum atomic E-state index is 0.450. The third kappa shape index (κ3) is 4.05. The lowest BCUT2D eigenvalue weighted by molar-refractivity contribution is 0.122. The van der Waals surface area contributed by atoms with Gasteiger partial charge in [0.25, 0.3) is 0 Å². The maximum absolute atomic E-state index is 5.44. The zero-order valence-electron chi connectivity index (χ0n) is 16.8. The average molecular weight is 393 g/mol. The molecule has 0 amide bonds. The van der Waals surface area contributed by atoms with Crippen LogP contribution in [0.2, 0.25) is 0 Å². The van der Waals surface area contributed by atoms with E-state index in [0.717, 1.165) is 43.0 Å². The van der Waals surface area contributed by atoms with Crippen molar-refractivity contribution in [3.63, 3.8) is 0 Å². The third-order valence-corrected chi connectivity index (χ3v) is 6.00. The van der Waals surface area contributed by atoms with E-state index in [0.29, 0.717) is 12.0 Å². The molecule has 3 aromatic rings. The molecule has 0 radical (unpaired) electrons. The molecule has 2 aromatic heterocycles. The second kappa shape index (κ2) is 8.37. The van der Waals surface area contributed by atoms with Gasteiger partial charge in [-0.1, -0.05) is 25.7 Å². The van der Waals surface area contributed by atoms with Crippen LogP contribution in [0.5, 0.6) is 0 Å². The number of fused-ring (bicyclic) bond motifs is 1. The van der Waals surface area contributed by atoms with Gasteiger partial charge in [0, 0.05) is 30.7 Å².